The number of hydrogen-bond donors (Lipinski definition) is 2. The number of H-pyrrole nitrogens is 1. The van der Waals surface area contributed by atoms with E-state index in [0.717, 1.165) is 36.2 Å². The molecule has 20 heavy (non-hydrogen) atoms. The van der Waals surface area contributed by atoms with E-state index in [0.29, 0.717) is 17.9 Å². The Morgan fingerprint density at radius 2 is 2.30 bits per heavy atom. The first-order valence-electron chi connectivity index (χ1n) is 7.05. The third-order valence-corrected chi connectivity index (χ3v) is 4.04. The van der Waals surface area contributed by atoms with Crippen molar-refractivity contribution < 1.29 is 4.79 Å². The van der Waals surface area contributed by atoms with Gasteiger partial charge >= 0.3 is 0 Å². The molecule has 0 unspecified atom stereocenters. The number of carbonyl (C=O) groups excluding carboxylic acids is 1. The van der Waals surface area contributed by atoms with Crippen molar-refractivity contribution in [2.45, 2.75) is 39.8 Å². The Labute approximate surface area is 122 Å². The second-order valence-corrected chi connectivity index (χ2v) is 5.63. The molecule has 6 nitrogen and oxygen atoms in total. The summed E-state index contributed by atoms with van der Waals surface area (Å²) in [5.41, 5.74) is 2.95. The quantitative estimate of drug-likeness (QED) is 0.825. The van der Waals surface area contributed by atoms with Gasteiger partial charge in [0.2, 0.25) is 5.91 Å². The number of amides is 1. The molecule has 0 bridgehead atoms. The van der Waals surface area contributed by atoms with Crippen molar-refractivity contribution in [1.82, 2.24) is 24.6 Å². The maximum absolute atomic E-state index is 11.6. The van der Waals surface area contributed by atoms with E-state index >= 15 is 0 Å². The van der Waals surface area contributed by atoms with Crippen LogP contribution in [0.5, 0.6) is 0 Å². The molecule has 2 aromatic heterocycles. The summed E-state index contributed by atoms with van der Waals surface area (Å²) in [6.45, 7) is 6.10. The molecule has 108 valence electrons. The molecule has 1 amide bonds. The number of fused-ring (bicyclic) bond motifs is 1. The van der Waals surface area contributed by atoms with Crippen LogP contribution in [0.4, 0.5) is 0 Å². The monoisotopic (exact) mass is 293 g/mol. The van der Waals surface area contributed by atoms with Crippen LogP contribution in [0.3, 0.4) is 0 Å². The van der Waals surface area contributed by atoms with Gasteiger partial charge in [-0.15, -0.1) is 0 Å². The van der Waals surface area contributed by atoms with Gasteiger partial charge in [0.15, 0.2) is 10.4 Å². The first-order chi connectivity index (χ1) is 9.61. The molecular weight excluding hydrogens is 274 g/mol. The van der Waals surface area contributed by atoms with Gasteiger partial charge < -0.3 is 10.3 Å². The molecule has 0 spiro atoms. The zero-order chi connectivity index (χ0) is 14.3. The summed E-state index contributed by atoms with van der Waals surface area (Å²) >= 11 is 5.37. The molecular formula is C13H19N5OS. The average molecular weight is 293 g/mol. The van der Waals surface area contributed by atoms with Crippen molar-refractivity contribution in [2.24, 2.45) is 5.92 Å². The van der Waals surface area contributed by atoms with E-state index in [4.69, 9.17) is 12.2 Å². The van der Waals surface area contributed by atoms with Gasteiger partial charge in [0.25, 0.3) is 0 Å². The number of rotatable bonds is 5. The lowest BCUT2D eigenvalue weighted by Crippen LogP contribution is -2.28. The summed E-state index contributed by atoms with van der Waals surface area (Å²) in [6, 6.07) is 0. The minimum absolute atomic E-state index is 0.170. The Morgan fingerprint density at radius 3 is 2.95 bits per heavy atom. The molecule has 0 atom stereocenters. The van der Waals surface area contributed by atoms with Gasteiger partial charge in [-0.1, -0.05) is 0 Å². The molecule has 0 aromatic carbocycles. The van der Waals surface area contributed by atoms with Crippen molar-refractivity contribution in [2.75, 3.05) is 6.54 Å². The average Bonchev–Trinajstić information content (AvgIpc) is 3.16. The minimum Gasteiger partial charge on any atom is -0.354 e. The Bertz CT molecular complexity index is 706. The van der Waals surface area contributed by atoms with Crippen LogP contribution in [-0.2, 0) is 17.9 Å². The highest BCUT2D eigenvalue weighted by atomic mass is 32.1. The number of nitrogens with one attached hydrogen (secondary N) is 2. The molecule has 2 N–H and O–H groups in total. The third kappa shape index (κ3) is 2.26. The minimum atomic E-state index is 0.170. The zero-order valence-corrected chi connectivity index (χ0v) is 12.6. The Kier molecular flexibility index (Phi) is 3.37. The smallest absolute Gasteiger partial charge is 0.223 e. The molecule has 3 rings (SSSR count). The summed E-state index contributed by atoms with van der Waals surface area (Å²) < 4.78 is 4.64. The van der Waals surface area contributed by atoms with Crippen LogP contribution in [0.15, 0.2) is 0 Å². The topological polar surface area (TPSA) is 67.6 Å². The number of aromatic amines is 1. The number of nitrogens with zero attached hydrogens (tertiary/aromatic N) is 3. The van der Waals surface area contributed by atoms with Gasteiger partial charge in [-0.3, -0.25) is 9.36 Å². The molecule has 2 aromatic rings. The van der Waals surface area contributed by atoms with Crippen LogP contribution in [0.25, 0.3) is 11.2 Å². The number of hydrogen-bond acceptors (Lipinski definition) is 3. The van der Waals surface area contributed by atoms with Gasteiger partial charge in [0.05, 0.1) is 5.69 Å². The Hall–Kier alpha value is -1.63. The van der Waals surface area contributed by atoms with E-state index < -0.39 is 0 Å². The lowest BCUT2D eigenvalue weighted by Gasteiger charge is -2.07. The molecule has 1 saturated carbocycles. The van der Waals surface area contributed by atoms with Gasteiger partial charge in [0, 0.05) is 25.6 Å². The van der Waals surface area contributed by atoms with Crippen molar-refractivity contribution in [3.63, 3.8) is 0 Å². The third-order valence-electron chi connectivity index (χ3n) is 3.72. The predicted octanol–water partition coefficient (Wildman–Crippen LogP) is 1.75. The highest BCUT2D eigenvalue weighted by Crippen LogP contribution is 2.28. The highest BCUT2D eigenvalue weighted by Gasteiger charge is 2.29. The van der Waals surface area contributed by atoms with Gasteiger partial charge in [-0.05, 0) is 38.9 Å². The molecule has 0 radical (unpaired) electrons. The van der Waals surface area contributed by atoms with Crippen molar-refractivity contribution in [3.05, 3.63) is 10.5 Å². The van der Waals surface area contributed by atoms with Crippen LogP contribution in [-0.4, -0.2) is 31.8 Å². The Morgan fingerprint density at radius 1 is 1.55 bits per heavy atom. The molecule has 0 saturated heterocycles. The van der Waals surface area contributed by atoms with Gasteiger partial charge in [0.1, 0.15) is 5.52 Å². The van der Waals surface area contributed by atoms with Crippen molar-refractivity contribution >= 4 is 29.3 Å². The molecule has 7 heteroatoms. The van der Waals surface area contributed by atoms with Gasteiger partial charge in [-0.25, -0.2) is 4.68 Å². The summed E-state index contributed by atoms with van der Waals surface area (Å²) in [5, 5.41) is 7.45. The second kappa shape index (κ2) is 5.05. The van der Waals surface area contributed by atoms with Gasteiger partial charge in [-0.2, -0.15) is 5.10 Å². The maximum Gasteiger partial charge on any atom is 0.223 e. The van der Waals surface area contributed by atoms with E-state index in [1.807, 2.05) is 16.2 Å². The fourth-order valence-corrected chi connectivity index (χ4v) is 2.75. The number of aryl methyl sites for hydroxylation is 2. The fraction of sp³-hybridized carbons (Fsp3) is 0.615. The van der Waals surface area contributed by atoms with E-state index in [1.54, 1.807) is 0 Å². The number of carbonyl (C=O) groups is 1. The van der Waals surface area contributed by atoms with Crippen LogP contribution >= 0.6 is 12.2 Å². The largest absolute Gasteiger partial charge is 0.354 e. The lowest BCUT2D eigenvalue weighted by molar-refractivity contribution is -0.122. The highest BCUT2D eigenvalue weighted by molar-refractivity contribution is 7.71. The van der Waals surface area contributed by atoms with E-state index in [2.05, 4.69) is 22.3 Å². The van der Waals surface area contributed by atoms with E-state index in [-0.39, 0.29) is 11.8 Å². The first kappa shape index (κ1) is 13.4. The summed E-state index contributed by atoms with van der Waals surface area (Å²) in [5.74, 6) is 0.418. The molecule has 0 aliphatic heterocycles. The molecule has 2 heterocycles. The predicted molar refractivity (Wildman–Crippen MR) is 79.1 cm³/mol. The maximum atomic E-state index is 11.6. The van der Waals surface area contributed by atoms with E-state index in [1.165, 1.54) is 0 Å². The van der Waals surface area contributed by atoms with Crippen molar-refractivity contribution in [1.29, 1.82) is 0 Å². The zero-order valence-electron chi connectivity index (χ0n) is 11.8. The van der Waals surface area contributed by atoms with Crippen LogP contribution < -0.4 is 5.32 Å². The number of imidazole rings is 1. The van der Waals surface area contributed by atoms with Crippen molar-refractivity contribution in [3.8, 4) is 0 Å². The first-order valence-corrected chi connectivity index (χ1v) is 7.46. The van der Waals surface area contributed by atoms with Crippen LogP contribution in [0.1, 0.15) is 25.5 Å². The SMILES string of the molecule is CCn1nc(C)c2[nH]c(=S)n(CCNC(=O)C3CC3)c21. The van der Waals surface area contributed by atoms with Crippen LogP contribution in [0.2, 0.25) is 0 Å². The lowest BCUT2D eigenvalue weighted by atomic mass is 10.4. The Balaban J connectivity index is 1.81. The molecule has 1 aliphatic carbocycles. The molecule has 1 aliphatic rings. The summed E-state index contributed by atoms with van der Waals surface area (Å²) in [4.78, 5) is 14.8. The molecule has 1 fully saturated rings. The number of aromatic nitrogens is 4. The fourth-order valence-electron chi connectivity index (χ4n) is 2.47. The van der Waals surface area contributed by atoms with Crippen LogP contribution in [0, 0.1) is 17.6 Å². The standard InChI is InChI=1S/C13H19N5OS/c1-3-18-12-10(8(2)16-18)15-13(20)17(12)7-6-14-11(19)9-4-5-9/h9H,3-7H2,1-2H3,(H,14,19)(H,15,20). The summed E-state index contributed by atoms with van der Waals surface area (Å²) in [6.07, 6.45) is 2.06. The normalized spacial score (nSPS) is 14.9. The summed E-state index contributed by atoms with van der Waals surface area (Å²) in [7, 11) is 0. The van der Waals surface area contributed by atoms with E-state index in [9.17, 15) is 4.79 Å². The second-order valence-electron chi connectivity index (χ2n) is 5.25.